The normalized spacial score (nSPS) is 15.8. The van der Waals surface area contributed by atoms with E-state index in [0.29, 0.717) is 31.3 Å². The van der Waals surface area contributed by atoms with Crippen LogP contribution in [0.4, 0.5) is 5.69 Å². The lowest BCUT2D eigenvalue weighted by Crippen LogP contribution is -2.58. The summed E-state index contributed by atoms with van der Waals surface area (Å²) in [6, 6.07) is 13.3. The Kier molecular flexibility index (Phi) is 17.3. The minimum absolute atomic E-state index is 0.119. The molecule has 5 N–H and O–H groups in total. The molecule has 3 rings (SSSR count). The van der Waals surface area contributed by atoms with Crippen LogP contribution in [0.2, 0.25) is 0 Å². The number of anilines is 1. The number of halogens is 2. The highest BCUT2D eigenvalue weighted by Crippen LogP contribution is 2.17. The van der Waals surface area contributed by atoms with E-state index in [9.17, 15) is 24.0 Å². The molecule has 4 amide bonds. The van der Waals surface area contributed by atoms with Gasteiger partial charge >= 0.3 is 5.97 Å². The first-order valence-electron chi connectivity index (χ1n) is 17.1. The SMILES string of the molecule is CCOC(=O)[C@@H](Cc1ccc(N(CCCl)CCCl)cc1)NC(=O)[C@H](Cc1ccccc1)NC(=O)[C@H](NC(=O)CNC(=O)[C@@H]1CCCN1)C(C)C. The van der Waals surface area contributed by atoms with E-state index < -0.39 is 41.8 Å². The molecule has 1 aliphatic heterocycles. The van der Waals surface area contributed by atoms with Crippen LogP contribution in [0.15, 0.2) is 54.6 Å². The fourth-order valence-corrected chi connectivity index (χ4v) is 6.05. The molecular formula is C36H50Cl2N6O6. The standard InChI is InChI=1S/C36H50Cl2N6O6/c1-4-50-36(49)30(22-26-12-14-27(15-13-26)44(19-16-37)20-17-38)42-34(47)29(21-25-9-6-5-7-10-25)41-35(48)32(24(2)3)43-31(45)23-40-33(46)28-11-8-18-39-28/h5-7,9-10,12-15,24,28-30,32,39H,4,8,11,16-23H2,1-3H3,(H,40,46)(H,41,48)(H,42,47)(H,43,45)/t28-,29-,30+,32+/m0/s1. The molecule has 2 aromatic carbocycles. The molecule has 0 unspecified atom stereocenters. The third kappa shape index (κ3) is 13.1. The summed E-state index contributed by atoms with van der Waals surface area (Å²) < 4.78 is 5.31. The van der Waals surface area contributed by atoms with Gasteiger partial charge < -0.3 is 36.2 Å². The zero-order chi connectivity index (χ0) is 36.5. The van der Waals surface area contributed by atoms with Gasteiger partial charge in [-0.1, -0.05) is 56.3 Å². The minimum Gasteiger partial charge on any atom is -0.464 e. The molecule has 0 bridgehead atoms. The summed E-state index contributed by atoms with van der Waals surface area (Å²) in [5.41, 5.74) is 2.49. The smallest absolute Gasteiger partial charge is 0.328 e. The summed E-state index contributed by atoms with van der Waals surface area (Å²) in [7, 11) is 0. The molecule has 1 aliphatic rings. The first-order valence-corrected chi connectivity index (χ1v) is 18.2. The number of rotatable bonds is 20. The molecule has 1 saturated heterocycles. The second kappa shape index (κ2) is 21.4. The Balaban J connectivity index is 1.75. The van der Waals surface area contributed by atoms with Crippen molar-refractivity contribution in [2.45, 2.75) is 70.6 Å². The van der Waals surface area contributed by atoms with Crippen molar-refractivity contribution in [3.8, 4) is 0 Å². The zero-order valence-corrected chi connectivity index (χ0v) is 30.5. The maximum atomic E-state index is 13.9. The van der Waals surface area contributed by atoms with Crippen LogP contribution in [0, 0.1) is 5.92 Å². The number of hydrogen-bond acceptors (Lipinski definition) is 8. The molecule has 0 aromatic heterocycles. The van der Waals surface area contributed by atoms with Gasteiger partial charge in [-0.15, -0.1) is 23.2 Å². The van der Waals surface area contributed by atoms with Gasteiger partial charge in [-0.3, -0.25) is 19.2 Å². The van der Waals surface area contributed by atoms with Gasteiger partial charge in [-0.05, 0) is 55.5 Å². The lowest BCUT2D eigenvalue weighted by atomic mass is 10.00. The Hall–Kier alpha value is -3.87. The van der Waals surface area contributed by atoms with Crippen molar-refractivity contribution in [3.05, 3.63) is 65.7 Å². The Bertz CT molecular complexity index is 1390. The van der Waals surface area contributed by atoms with Gasteiger partial charge in [0.25, 0.3) is 0 Å². The molecule has 4 atom stereocenters. The molecule has 12 nitrogen and oxygen atoms in total. The number of hydrogen-bond donors (Lipinski definition) is 5. The summed E-state index contributed by atoms with van der Waals surface area (Å²) in [5, 5.41) is 14.0. The van der Waals surface area contributed by atoms with Gasteiger partial charge in [0, 0.05) is 43.4 Å². The molecule has 0 radical (unpaired) electrons. The molecule has 0 spiro atoms. The van der Waals surface area contributed by atoms with Crippen molar-refractivity contribution in [3.63, 3.8) is 0 Å². The highest BCUT2D eigenvalue weighted by molar-refractivity contribution is 6.18. The fraction of sp³-hybridized carbons (Fsp3) is 0.528. The number of nitrogens with zero attached hydrogens (tertiary/aromatic N) is 1. The van der Waals surface area contributed by atoms with Crippen LogP contribution in [0.1, 0.15) is 44.7 Å². The maximum absolute atomic E-state index is 13.9. The molecule has 0 aliphatic carbocycles. The second-order valence-corrected chi connectivity index (χ2v) is 13.2. The van der Waals surface area contributed by atoms with Crippen molar-refractivity contribution in [2.75, 3.05) is 49.4 Å². The number of nitrogens with one attached hydrogen (secondary N) is 5. The number of alkyl halides is 2. The van der Waals surface area contributed by atoms with Crippen molar-refractivity contribution < 1.29 is 28.7 Å². The maximum Gasteiger partial charge on any atom is 0.328 e. The number of carbonyl (C=O) groups excluding carboxylic acids is 5. The molecule has 1 fully saturated rings. The summed E-state index contributed by atoms with van der Waals surface area (Å²) in [4.78, 5) is 67.9. The second-order valence-electron chi connectivity index (χ2n) is 12.5. The Morgan fingerprint density at radius 3 is 2.06 bits per heavy atom. The summed E-state index contributed by atoms with van der Waals surface area (Å²) in [5.74, 6) is -2.03. The minimum atomic E-state index is -1.09. The van der Waals surface area contributed by atoms with Crippen LogP contribution in [0.25, 0.3) is 0 Å². The van der Waals surface area contributed by atoms with Crippen LogP contribution in [0.3, 0.4) is 0 Å². The lowest BCUT2D eigenvalue weighted by Gasteiger charge is -2.27. The quantitative estimate of drug-likeness (QED) is 0.103. The predicted molar refractivity (Wildman–Crippen MR) is 195 cm³/mol. The Morgan fingerprint density at radius 1 is 0.860 bits per heavy atom. The van der Waals surface area contributed by atoms with Crippen LogP contribution in [0.5, 0.6) is 0 Å². The highest BCUT2D eigenvalue weighted by atomic mass is 35.5. The number of amides is 4. The third-order valence-electron chi connectivity index (χ3n) is 8.32. The van der Waals surface area contributed by atoms with Crippen molar-refractivity contribution >= 4 is 58.5 Å². The molecule has 1 heterocycles. The fourth-order valence-electron chi connectivity index (χ4n) is 5.64. The largest absolute Gasteiger partial charge is 0.464 e. The van der Waals surface area contributed by atoms with Crippen molar-refractivity contribution in [1.82, 2.24) is 26.6 Å². The van der Waals surface area contributed by atoms with E-state index in [4.69, 9.17) is 27.9 Å². The number of carbonyl (C=O) groups is 5. The molecule has 274 valence electrons. The average molecular weight is 734 g/mol. The number of esters is 1. The van der Waals surface area contributed by atoms with Crippen molar-refractivity contribution in [2.24, 2.45) is 5.92 Å². The highest BCUT2D eigenvalue weighted by Gasteiger charge is 2.32. The predicted octanol–water partition coefficient (Wildman–Crippen LogP) is 2.30. The Labute approximate surface area is 304 Å². The van der Waals surface area contributed by atoms with E-state index in [1.807, 2.05) is 54.6 Å². The van der Waals surface area contributed by atoms with Crippen LogP contribution in [-0.2, 0) is 41.6 Å². The molecule has 50 heavy (non-hydrogen) atoms. The first kappa shape index (κ1) is 40.6. The van der Waals surface area contributed by atoms with Gasteiger partial charge in [-0.2, -0.15) is 0 Å². The number of ether oxygens (including phenoxy) is 1. The monoisotopic (exact) mass is 732 g/mol. The summed E-state index contributed by atoms with van der Waals surface area (Å²) >= 11 is 11.9. The van der Waals surface area contributed by atoms with E-state index in [1.165, 1.54) is 0 Å². The molecule has 0 saturated carbocycles. The van der Waals surface area contributed by atoms with Crippen LogP contribution < -0.4 is 31.5 Å². The average Bonchev–Trinajstić information content (AvgIpc) is 3.65. The molecule has 2 aromatic rings. The summed E-state index contributed by atoms with van der Waals surface area (Å²) in [6.07, 6.45) is 1.86. The summed E-state index contributed by atoms with van der Waals surface area (Å²) in [6.45, 7) is 7.04. The van der Waals surface area contributed by atoms with E-state index in [2.05, 4.69) is 31.5 Å². The zero-order valence-electron chi connectivity index (χ0n) is 29.0. The molecule has 14 heteroatoms. The van der Waals surface area contributed by atoms with E-state index in [0.717, 1.165) is 29.8 Å². The van der Waals surface area contributed by atoms with Gasteiger partial charge in [0.2, 0.25) is 23.6 Å². The van der Waals surface area contributed by atoms with Crippen LogP contribution in [-0.4, -0.2) is 98.3 Å². The first-order chi connectivity index (χ1) is 24.1. The lowest BCUT2D eigenvalue weighted by molar-refractivity contribution is -0.147. The topological polar surface area (TPSA) is 158 Å². The molecular weight excluding hydrogens is 683 g/mol. The number of benzene rings is 2. The van der Waals surface area contributed by atoms with Gasteiger partial charge in [0.05, 0.1) is 19.2 Å². The van der Waals surface area contributed by atoms with E-state index >= 15 is 0 Å². The van der Waals surface area contributed by atoms with Gasteiger partial charge in [0.15, 0.2) is 0 Å². The van der Waals surface area contributed by atoms with E-state index in [1.54, 1.807) is 20.8 Å². The van der Waals surface area contributed by atoms with Gasteiger partial charge in [-0.25, -0.2) is 4.79 Å². The van der Waals surface area contributed by atoms with E-state index in [-0.39, 0.29) is 43.9 Å². The van der Waals surface area contributed by atoms with Crippen molar-refractivity contribution in [1.29, 1.82) is 0 Å². The Morgan fingerprint density at radius 2 is 1.48 bits per heavy atom. The van der Waals surface area contributed by atoms with Gasteiger partial charge in [0.1, 0.15) is 18.1 Å². The van der Waals surface area contributed by atoms with Crippen LogP contribution >= 0.6 is 23.2 Å². The third-order valence-corrected chi connectivity index (χ3v) is 8.66.